The van der Waals surface area contributed by atoms with Crippen molar-refractivity contribution in [2.24, 2.45) is 10.7 Å². The molecule has 2 aromatic rings. The van der Waals surface area contributed by atoms with Crippen LogP contribution in [0.15, 0.2) is 59.6 Å². The number of aliphatic imine (C=N–C) groups is 1. The Kier molecular flexibility index (Phi) is 4.44. The molecule has 0 saturated carbocycles. The minimum absolute atomic E-state index is 0.203. The lowest BCUT2D eigenvalue weighted by atomic mass is 9.81. The number of amides is 2. The number of carbonyl (C=O) groups excluding carboxylic acids is 1. The van der Waals surface area contributed by atoms with Crippen molar-refractivity contribution in [2.45, 2.75) is 37.9 Å². The highest BCUT2D eigenvalue weighted by molar-refractivity contribution is 6.15. The van der Waals surface area contributed by atoms with E-state index < -0.39 is 11.6 Å². The van der Waals surface area contributed by atoms with Gasteiger partial charge in [0.15, 0.2) is 0 Å². The fourth-order valence-electron chi connectivity index (χ4n) is 4.28. The number of hydrogen-bond acceptors (Lipinski definition) is 3. The SMILES string of the molecule is CC1CC2(CCN1Cc1ccccc1)C(N)=NC(=O)N2c1cccc(F)c1. The molecule has 2 aliphatic heterocycles. The van der Waals surface area contributed by atoms with E-state index in [1.165, 1.54) is 17.7 Å². The summed E-state index contributed by atoms with van der Waals surface area (Å²) >= 11 is 0. The van der Waals surface area contributed by atoms with Gasteiger partial charge in [-0.25, -0.2) is 9.18 Å². The van der Waals surface area contributed by atoms with E-state index in [9.17, 15) is 9.18 Å². The quantitative estimate of drug-likeness (QED) is 0.904. The van der Waals surface area contributed by atoms with Gasteiger partial charge in [0, 0.05) is 24.8 Å². The number of benzene rings is 2. The van der Waals surface area contributed by atoms with E-state index in [0.29, 0.717) is 24.4 Å². The van der Waals surface area contributed by atoms with Gasteiger partial charge in [0.2, 0.25) is 0 Å². The Balaban J connectivity index is 1.60. The average Bonchev–Trinajstić information content (AvgIpc) is 2.88. The first kappa shape index (κ1) is 17.7. The topological polar surface area (TPSA) is 61.9 Å². The summed E-state index contributed by atoms with van der Waals surface area (Å²) in [7, 11) is 0. The molecule has 140 valence electrons. The van der Waals surface area contributed by atoms with Crippen molar-refractivity contribution >= 4 is 17.6 Å². The standard InChI is InChI=1S/C21H23FN4O/c1-15-13-21(10-11-25(15)14-16-6-3-2-4-7-16)19(23)24-20(27)26(21)18-9-5-8-17(22)12-18/h2-9,12,15H,10-11,13-14H2,1H3,(H2,23,24,27). The van der Waals surface area contributed by atoms with Crippen molar-refractivity contribution in [2.75, 3.05) is 11.4 Å². The van der Waals surface area contributed by atoms with Gasteiger partial charge in [-0.15, -0.1) is 0 Å². The van der Waals surface area contributed by atoms with Crippen LogP contribution in [0.4, 0.5) is 14.9 Å². The van der Waals surface area contributed by atoms with Crippen LogP contribution in [0.2, 0.25) is 0 Å². The highest BCUT2D eigenvalue weighted by Gasteiger charge is 2.52. The number of urea groups is 1. The smallest absolute Gasteiger partial charge is 0.350 e. The van der Waals surface area contributed by atoms with Gasteiger partial charge in [-0.05, 0) is 43.5 Å². The maximum atomic E-state index is 13.8. The molecule has 5 nitrogen and oxygen atoms in total. The Morgan fingerprint density at radius 3 is 2.70 bits per heavy atom. The molecule has 2 amide bonds. The Bertz CT molecular complexity index is 885. The zero-order valence-electron chi connectivity index (χ0n) is 15.3. The number of amidine groups is 1. The summed E-state index contributed by atoms with van der Waals surface area (Å²) in [5, 5.41) is 0. The number of piperidine rings is 1. The summed E-state index contributed by atoms with van der Waals surface area (Å²) in [6.07, 6.45) is 1.33. The first-order valence-corrected chi connectivity index (χ1v) is 9.22. The lowest BCUT2D eigenvalue weighted by Gasteiger charge is -2.47. The molecule has 27 heavy (non-hydrogen) atoms. The van der Waals surface area contributed by atoms with Gasteiger partial charge in [0.05, 0.1) is 0 Å². The molecule has 4 rings (SSSR count). The van der Waals surface area contributed by atoms with E-state index >= 15 is 0 Å². The second-order valence-electron chi connectivity index (χ2n) is 7.39. The number of likely N-dealkylation sites (tertiary alicyclic amines) is 1. The number of anilines is 1. The summed E-state index contributed by atoms with van der Waals surface area (Å²) in [5.41, 5.74) is 7.32. The average molecular weight is 366 g/mol. The zero-order valence-corrected chi connectivity index (χ0v) is 15.3. The van der Waals surface area contributed by atoms with Gasteiger partial charge < -0.3 is 5.73 Å². The number of rotatable bonds is 3. The molecule has 2 atom stereocenters. The minimum atomic E-state index is -0.683. The van der Waals surface area contributed by atoms with E-state index in [1.54, 1.807) is 17.0 Å². The number of halogens is 1. The summed E-state index contributed by atoms with van der Waals surface area (Å²) < 4.78 is 13.8. The molecule has 2 aromatic carbocycles. The fourth-order valence-corrected chi connectivity index (χ4v) is 4.28. The second kappa shape index (κ2) is 6.78. The number of nitrogens with two attached hydrogens (primary N) is 1. The maximum absolute atomic E-state index is 13.8. The third kappa shape index (κ3) is 3.10. The van der Waals surface area contributed by atoms with Gasteiger partial charge in [-0.2, -0.15) is 4.99 Å². The molecular formula is C21H23FN4O. The molecule has 0 aliphatic carbocycles. The van der Waals surface area contributed by atoms with Gasteiger partial charge >= 0.3 is 6.03 Å². The van der Waals surface area contributed by atoms with Crippen LogP contribution in [-0.2, 0) is 6.54 Å². The summed E-state index contributed by atoms with van der Waals surface area (Å²) in [4.78, 5) is 20.6. The Morgan fingerprint density at radius 1 is 1.22 bits per heavy atom. The number of nitrogens with zero attached hydrogens (tertiary/aromatic N) is 3. The predicted octanol–water partition coefficient (Wildman–Crippen LogP) is 3.55. The minimum Gasteiger partial charge on any atom is -0.385 e. The Morgan fingerprint density at radius 2 is 2.00 bits per heavy atom. The van der Waals surface area contributed by atoms with Crippen molar-refractivity contribution in [1.29, 1.82) is 0 Å². The van der Waals surface area contributed by atoms with Crippen LogP contribution in [0, 0.1) is 5.82 Å². The monoisotopic (exact) mass is 366 g/mol. The van der Waals surface area contributed by atoms with Crippen LogP contribution in [0.3, 0.4) is 0 Å². The van der Waals surface area contributed by atoms with E-state index in [-0.39, 0.29) is 11.9 Å². The van der Waals surface area contributed by atoms with Gasteiger partial charge in [0.25, 0.3) is 0 Å². The second-order valence-corrected chi connectivity index (χ2v) is 7.39. The normalized spacial score (nSPS) is 25.9. The van der Waals surface area contributed by atoms with E-state index in [2.05, 4.69) is 28.9 Å². The molecule has 1 saturated heterocycles. The highest BCUT2D eigenvalue weighted by Crippen LogP contribution is 2.40. The van der Waals surface area contributed by atoms with Gasteiger partial charge in [-0.1, -0.05) is 36.4 Å². The molecule has 2 aliphatic rings. The van der Waals surface area contributed by atoms with E-state index in [0.717, 1.165) is 13.1 Å². The molecule has 0 radical (unpaired) electrons. The predicted molar refractivity (Wildman–Crippen MR) is 104 cm³/mol. The lowest BCUT2D eigenvalue weighted by molar-refractivity contribution is 0.123. The summed E-state index contributed by atoms with van der Waals surface area (Å²) in [5.74, 6) is -0.0431. The molecule has 0 aromatic heterocycles. The molecule has 1 fully saturated rings. The van der Waals surface area contributed by atoms with Crippen LogP contribution in [-0.4, -0.2) is 34.9 Å². The van der Waals surface area contributed by atoms with Crippen LogP contribution in [0.25, 0.3) is 0 Å². The molecule has 1 spiro atoms. The zero-order chi connectivity index (χ0) is 19.0. The van der Waals surface area contributed by atoms with Crippen LogP contribution >= 0.6 is 0 Å². The van der Waals surface area contributed by atoms with Crippen molar-refractivity contribution in [3.63, 3.8) is 0 Å². The molecular weight excluding hydrogens is 343 g/mol. The number of hydrogen-bond donors (Lipinski definition) is 1. The first-order valence-electron chi connectivity index (χ1n) is 9.22. The maximum Gasteiger partial charge on any atom is 0.350 e. The van der Waals surface area contributed by atoms with Crippen molar-refractivity contribution in [3.05, 3.63) is 66.0 Å². The molecule has 6 heteroatoms. The van der Waals surface area contributed by atoms with E-state index in [1.807, 2.05) is 18.2 Å². The Labute approximate surface area is 158 Å². The molecule has 2 unspecified atom stereocenters. The van der Waals surface area contributed by atoms with Crippen LogP contribution < -0.4 is 10.6 Å². The molecule has 2 heterocycles. The van der Waals surface area contributed by atoms with Crippen LogP contribution in [0.1, 0.15) is 25.3 Å². The third-order valence-corrected chi connectivity index (χ3v) is 5.68. The van der Waals surface area contributed by atoms with Crippen molar-refractivity contribution in [3.8, 4) is 0 Å². The highest BCUT2D eigenvalue weighted by atomic mass is 19.1. The third-order valence-electron chi connectivity index (χ3n) is 5.68. The number of carbonyl (C=O) groups is 1. The van der Waals surface area contributed by atoms with Crippen molar-refractivity contribution in [1.82, 2.24) is 4.90 Å². The lowest BCUT2D eigenvalue weighted by Crippen LogP contribution is -2.62. The van der Waals surface area contributed by atoms with Gasteiger partial charge in [0.1, 0.15) is 17.2 Å². The van der Waals surface area contributed by atoms with Crippen LogP contribution in [0.5, 0.6) is 0 Å². The van der Waals surface area contributed by atoms with E-state index in [4.69, 9.17) is 5.73 Å². The largest absolute Gasteiger partial charge is 0.385 e. The Hall–Kier alpha value is -2.73. The fraction of sp³-hybridized carbons (Fsp3) is 0.333. The van der Waals surface area contributed by atoms with Gasteiger partial charge in [-0.3, -0.25) is 9.80 Å². The molecule has 0 bridgehead atoms. The summed E-state index contributed by atoms with van der Waals surface area (Å²) in [6, 6.07) is 16.2. The first-order chi connectivity index (χ1) is 13.0. The molecule has 2 N–H and O–H groups in total. The summed E-state index contributed by atoms with van der Waals surface area (Å²) in [6.45, 7) is 3.78. The van der Waals surface area contributed by atoms with Crippen molar-refractivity contribution < 1.29 is 9.18 Å².